The Balaban J connectivity index is 1.81. The fraction of sp³-hybridized carbons (Fsp3) is 0.190. The Kier molecular flexibility index (Phi) is 5.19. The van der Waals surface area contributed by atoms with Crippen molar-refractivity contribution in [2.24, 2.45) is 0 Å². The fourth-order valence-corrected chi connectivity index (χ4v) is 2.74. The molecule has 1 amide bonds. The summed E-state index contributed by atoms with van der Waals surface area (Å²) < 4.78 is 11.3. The second-order valence-corrected chi connectivity index (χ2v) is 5.68. The Morgan fingerprint density at radius 3 is 2.44 bits per heavy atom. The van der Waals surface area contributed by atoms with Gasteiger partial charge in [0.2, 0.25) is 0 Å². The summed E-state index contributed by atoms with van der Waals surface area (Å²) in [5, 5.41) is 4.97. The number of benzene rings is 3. The first-order valence-corrected chi connectivity index (χ1v) is 8.31. The number of anilines is 1. The number of carbonyl (C=O) groups excluding carboxylic acids is 1. The van der Waals surface area contributed by atoms with E-state index in [0.717, 1.165) is 10.8 Å². The van der Waals surface area contributed by atoms with E-state index in [2.05, 4.69) is 5.32 Å². The van der Waals surface area contributed by atoms with Gasteiger partial charge in [-0.2, -0.15) is 0 Å². The smallest absolute Gasteiger partial charge is 0.265 e. The fourth-order valence-electron chi connectivity index (χ4n) is 2.74. The van der Waals surface area contributed by atoms with Crippen LogP contribution < -0.4 is 14.8 Å². The number of rotatable bonds is 6. The summed E-state index contributed by atoms with van der Waals surface area (Å²) in [6.45, 7) is 1.93. The van der Waals surface area contributed by atoms with Gasteiger partial charge in [0.1, 0.15) is 11.5 Å². The maximum atomic E-state index is 12.7. The first kappa shape index (κ1) is 16.8. The van der Waals surface area contributed by atoms with Crippen molar-refractivity contribution in [2.45, 2.75) is 19.4 Å². The van der Waals surface area contributed by atoms with Crippen molar-refractivity contribution in [1.82, 2.24) is 0 Å². The topological polar surface area (TPSA) is 47.6 Å². The maximum absolute atomic E-state index is 12.7. The molecule has 0 aliphatic heterocycles. The third-order valence-electron chi connectivity index (χ3n) is 4.05. The standard InChI is InChI=1S/C21H21NO3/c1-3-18(21(23)22-17-12-6-7-13-20(17)24-2)25-19-14-8-10-15-9-4-5-11-16(15)19/h4-14,18H,3H2,1-2H3,(H,22,23)/t18-/m1/s1. The number of fused-ring (bicyclic) bond motifs is 1. The number of ether oxygens (including phenoxy) is 2. The van der Waals surface area contributed by atoms with Crippen LogP contribution in [0.1, 0.15) is 13.3 Å². The molecule has 0 heterocycles. The molecule has 0 fully saturated rings. The van der Waals surface area contributed by atoms with Crippen LogP contribution in [0.15, 0.2) is 66.7 Å². The zero-order chi connectivity index (χ0) is 17.6. The van der Waals surface area contributed by atoms with Crippen molar-refractivity contribution in [3.05, 3.63) is 66.7 Å². The second-order valence-electron chi connectivity index (χ2n) is 5.68. The summed E-state index contributed by atoms with van der Waals surface area (Å²) in [6, 6.07) is 21.1. The molecule has 0 radical (unpaired) electrons. The van der Waals surface area contributed by atoms with Gasteiger partial charge in [-0.05, 0) is 30.0 Å². The van der Waals surface area contributed by atoms with Gasteiger partial charge < -0.3 is 14.8 Å². The molecule has 4 heteroatoms. The summed E-state index contributed by atoms with van der Waals surface area (Å²) in [6.07, 6.45) is -0.0276. The summed E-state index contributed by atoms with van der Waals surface area (Å²) >= 11 is 0. The third-order valence-corrected chi connectivity index (χ3v) is 4.05. The minimum absolute atomic E-state index is 0.195. The normalized spacial score (nSPS) is 11.8. The van der Waals surface area contributed by atoms with Gasteiger partial charge >= 0.3 is 0 Å². The lowest BCUT2D eigenvalue weighted by molar-refractivity contribution is -0.122. The van der Waals surface area contributed by atoms with Gasteiger partial charge in [0, 0.05) is 5.39 Å². The van der Waals surface area contributed by atoms with Crippen LogP contribution in [0.4, 0.5) is 5.69 Å². The van der Waals surface area contributed by atoms with Crippen LogP contribution in [-0.2, 0) is 4.79 Å². The molecule has 0 aliphatic rings. The Labute approximate surface area is 147 Å². The lowest BCUT2D eigenvalue weighted by atomic mass is 10.1. The molecule has 0 saturated heterocycles. The Morgan fingerprint density at radius 2 is 1.64 bits per heavy atom. The lowest BCUT2D eigenvalue weighted by Crippen LogP contribution is -2.32. The lowest BCUT2D eigenvalue weighted by Gasteiger charge is -2.19. The van der Waals surface area contributed by atoms with Crippen LogP contribution in [0.3, 0.4) is 0 Å². The highest BCUT2D eigenvalue weighted by atomic mass is 16.5. The van der Waals surface area contributed by atoms with Gasteiger partial charge in [-0.1, -0.05) is 55.5 Å². The number of para-hydroxylation sites is 2. The zero-order valence-corrected chi connectivity index (χ0v) is 14.4. The Hall–Kier alpha value is -3.01. The highest BCUT2D eigenvalue weighted by Gasteiger charge is 2.20. The van der Waals surface area contributed by atoms with E-state index in [4.69, 9.17) is 9.47 Å². The highest BCUT2D eigenvalue weighted by Crippen LogP contribution is 2.28. The number of carbonyl (C=O) groups is 1. The number of hydrogen-bond acceptors (Lipinski definition) is 3. The first-order chi connectivity index (χ1) is 12.2. The molecule has 3 aromatic rings. The average Bonchev–Trinajstić information content (AvgIpc) is 2.66. The summed E-state index contributed by atoms with van der Waals surface area (Å²) in [7, 11) is 1.58. The third kappa shape index (κ3) is 3.74. The zero-order valence-electron chi connectivity index (χ0n) is 14.4. The van der Waals surface area contributed by atoms with Gasteiger partial charge in [-0.15, -0.1) is 0 Å². The van der Waals surface area contributed by atoms with E-state index in [-0.39, 0.29) is 5.91 Å². The minimum Gasteiger partial charge on any atom is -0.495 e. The number of hydrogen-bond donors (Lipinski definition) is 1. The monoisotopic (exact) mass is 335 g/mol. The van der Waals surface area contributed by atoms with E-state index < -0.39 is 6.10 Å². The van der Waals surface area contributed by atoms with E-state index in [9.17, 15) is 4.79 Å². The first-order valence-electron chi connectivity index (χ1n) is 8.31. The van der Waals surface area contributed by atoms with E-state index in [1.807, 2.05) is 67.6 Å². The minimum atomic E-state index is -0.587. The second kappa shape index (κ2) is 7.71. The van der Waals surface area contributed by atoms with E-state index in [1.165, 1.54) is 0 Å². The van der Waals surface area contributed by atoms with Crippen molar-refractivity contribution < 1.29 is 14.3 Å². The Bertz CT molecular complexity index is 870. The van der Waals surface area contributed by atoms with Crippen LogP contribution in [-0.4, -0.2) is 19.1 Å². The molecule has 0 saturated carbocycles. The molecule has 1 N–H and O–H groups in total. The number of nitrogens with one attached hydrogen (secondary N) is 1. The average molecular weight is 335 g/mol. The van der Waals surface area contributed by atoms with Gasteiger partial charge in [0.15, 0.2) is 6.10 Å². The summed E-state index contributed by atoms with van der Waals surface area (Å²) in [5.74, 6) is 1.14. The van der Waals surface area contributed by atoms with Crippen LogP contribution >= 0.6 is 0 Å². The summed E-state index contributed by atoms with van der Waals surface area (Å²) in [5.41, 5.74) is 0.634. The van der Waals surface area contributed by atoms with Crippen LogP contribution in [0, 0.1) is 0 Å². The van der Waals surface area contributed by atoms with Crippen LogP contribution in [0.5, 0.6) is 11.5 Å². The van der Waals surface area contributed by atoms with Gasteiger partial charge in [-0.25, -0.2) is 0 Å². The van der Waals surface area contributed by atoms with Gasteiger partial charge in [-0.3, -0.25) is 4.79 Å². The van der Waals surface area contributed by atoms with E-state index >= 15 is 0 Å². The molecule has 128 valence electrons. The van der Waals surface area contributed by atoms with E-state index in [0.29, 0.717) is 23.6 Å². The molecule has 0 bridgehead atoms. The van der Waals surface area contributed by atoms with Crippen molar-refractivity contribution in [1.29, 1.82) is 0 Å². The molecule has 4 nitrogen and oxygen atoms in total. The largest absolute Gasteiger partial charge is 0.495 e. The summed E-state index contributed by atoms with van der Waals surface area (Å²) in [4.78, 5) is 12.7. The van der Waals surface area contributed by atoms with Crippen molar-refractivity contribution >= 4 is 22.4 Å². The van der Waals surface area contributed by atoms with Crippen molar-refractivity contribution in [3.8, 4) is 11.5 Å². The molecule has 25 heavy (non-hydrogen) atoms. The molecule has 0 unspecified atom stereocenters. The highest BCUT2D eigenvalue weighted by molar-refractivity contribution is 5.96. The predicted molar refractivity (Wildman–Crippen MR) is 100 cm³/mol. The Morgan fingerprint density at radius 1 is 0.960 bits per heavy atom. The number of methoxy groups -OCH3 is 1. The van der Waals surface area contributed by atoms with Crippen LogP contribution in [0.25, 0.3) is 10.8 Å². The molecule has 3 aromatic carbocycles. The molecular formula is C21H21NO3. The molecular weight excluding hydrogens is 314 g/mol. The van der Waals surface area contributed by atoms with E-state index in [1.54, 1.807) is 13.2 Å². The van der Waals surface area contributed by atoms with Gasteiger partial charge in [0.25, 0.3) is 5.91 Å². The molecule has 3 rings (SSSR count). The van der Waals surface area contributed by atoms with Gasteiger partial charge in [0.05, 0.1) is 12.8 Å². The number of amides is 1. The molecule has 0 spiro atoms. The predicted octanol–water partition coefficient (Wildman–Crippen LogP) is 4.64. The quantitative estimate of drug-likeness (QED) is 0.713. The van der Waals surface area contributed by atoms with Crippen LogP contribution in [0.2, 0.25) is 0 Å². The molecule has 0 aliphatic carbocycles. The van der Waals surface area contributed by atoms with Crippen molar-refractivity contribution in [3.63, 3.8) is 0 Å². The maximum Gasteiger partial charge on any atom is 0.265 e. The van der Waals surface area contributed by atoms with Crippen molar-refractivity contribution in [2.75, 3.05) is 12.4 Å². The molecule has 1 atom stereocenters. The SMILES string of the molecule is CC[C@@H](Oc1cccc2ccccc12)C(=O)Nc1ccccc1OC. The molecule has 0 aromatic heterocycles.